The average Bonchev–Trinajstić information content (AvgIpc) is 3.52. The lowest BCUT2D eigenvalue weighted by atomic mass is 10.1. The fourth-order valence-corrected chi connectivity index (χ4v) is 5.75. The van der Waals surface area contributed by atoms with Crippen LogP contribution in [0.3, 0.4) is 0 Å². The number of pyridine rings is 1. The number of para-hydroxylation sites is 1. The molecule has 1 aliphatic rings. The summed E-state index contributed by atoms with van der Waals surface area (Å²) in [6, 6.07) is 22.8. The van der Waals surface area contributed by atoms with Crippen LogP contribution in [0, 0.1) is 0 Å². The van der Waals surface area contributed by atoms with Gasteiger partial charge < -0.3 is 4.74 Å². The van der Waals surface area contributed by atoms with Gasteiger partial charge in [0.05, 0.1) is 22.0 Å². The summed E-state index contributed by atoms with van der Waals surface area (Å²) in [5.41, 5.74) is 4.07. The van der Waals surface area contributed by atoms with Gasteiger partial charge in [0.25, 0.3) is 0 Å². The second-order valence-corrected chi connectivity index (χ2v) is 9.94. The summed E-state index contributed by atoms with van der Waals surface area (Å²) in [6.45, 7) is 0.314. The van der Waals surface area contributed by atoms with E-state index < -0.39 is 0 Å². The number of hydrogen-bond acceptors (Lipinski definition) is 6. The zero-order valence-electron chi connectivity index (χ0n) is 18.1. The number of amides is 1. The van der Waals surface area contributed by atoms with Crippen molar-refractivity contribution in [1.82, 2.24) is 20.0 Å². The lowest BCUT2D eigenvalue weighted by molar-refractivity contribution is -0.115. The van der Waals surface area contributed by atoms with Gasteiger partial charge in [0, 0.05) is 16.0 Å². The van der Waals surface area contributed by atoms with Gasteiger partial charge in [-0.2, -0.15) is 4.52 Å². The molecule has 1 amide bonds. The van der Waals surface area contributed by atoms with Crippen molar-refractivity contribution >= 4 is 63.1 Å². The van der Waals surface area contributed by atoms with Crippen LogP contribution in [-0.4, -0.2) is 31.7 Å². The van der Waals surface area contributed by atoms with E-state index in [1.165, 1.54) is 0 Å². The number of ether oxygens (including phenoxy) is 1. The average molecular weight is 522 g/mol. The molecular weight excluding hydrogens is 505 g/mol. The minimum absolute atomic E-state index is 0.00766. The minimum atomic E-state index is -0.199. The highest BCUT2D eigenvalue weighted by Crippen LogP contribution is 2.44. The van der Waals surface area contributed by atoms with E-state index in [0.29, 0.717) is 39.5 Å². The quantitative estimate of drug-likeness (QED) is 0.285. The molecule has 1 aliphatic heterocycles. The van der Waals surface area contributed by atoms with E-state index in [-0.39, 0.29) is 11.3 Å². The number of thioether (sulfide) groups is 1. The lowest BCUT2D eigenvalue weighted by Crippen LogP contribution is -2.28. The first kappa shape index (κ1) is 22.2. The molecule has 0 radical (unpaired) electrons. The van der Waals surface area contributed by atoms with Crippen LogP contribution in [0.1, 0.15) is 16.5 Å². The molecule has 0 bridgehead atoms. The van der Waals surface area contributed by atoms with Gasteiger partial charge in [-0.3, -0.25) is 9.69 Å². The lowest BCUT2D eigenvalue weighted by Gasteiger charge is -2.25. The number of aromatic nitrogens is 4. The molecule has 1 fully saturated rings. The maximum absolute atomic E-state index is 12.7. The van der Waals surface area contributed by atoms with E-state index in [2.05, 4.69) is 15.5 Å². The molecule has 0 spiro atoms. The van der Waals surface area contributed by atoms with Crippen LogP contribution in [0.2, 0.25) is 10.0 Å². The van der Waals surface area contributed by atoms with E-state index in [0.717, 1.165) is 22.0 Å². The third-order valence-corrected chi connectivity index (χ3v) is 7.61. The monoisotopic (exact) mass is 521 g/mol. The van der Waals surface area contributed by atoms with Crippen molar-refractivity contribution in [3.05, 3.63) is 94.0 Å². The summed E-state index contributed by atoms with van der Waals surface area (Å²) >= 11 is 14.1. The van der Waals surface area contributed by atoms with Gasteiger partial charge in [-0.15, -0.1) is 16.9 Å². The Hall–Kier alpha value is -3.33. The molecule has 35 heavy (non-hydrogen) atoms. The van der Waals surface area contributed by atoms with E-state index >= 15 is 0 Å². The molecule has 7 nitrogen and oxygen atoms in total. The molecule has 6 rings (SSSR count). The number of rotatable bonds is 5. The van der Waals surface area contributed by atoms with Gasteiger partial charge in [0.1, 0.15) is 17.7 Å². The van der Waals surface area contributed by atoms with Gasteiger partial charge in [-0.05, 0) is 58.5 Å². The molecule has 3 aromatic carbocycles. The molecule has 1 atom stereocenters. The molecule has 3 heterocycles. The number of benzene rings is 3. The van der Waals surface area contributed by atoms with Gasteiger partial charge >= 0.3 is 0 Å². The number of tetrazole rings is 1. The number of halogens is 2. The highest BCUT2D eigenvalue weighted by atomic mass is 35.5. The summed E-state index contributed by atoms with van der Waals surface area (Å²) in [5.74, 6) is 1.07. The van der Waals surface area contributed by atoms with Crippen molar-refractivity contribution in [2.45, 2.75) is 12.0 Å². The number of anilines is 1. The van der Waals surface area contributed by atoms with Crippen molar-refractivity contribution in [1.29, 1.82) is 0 Å². The van der Waals surface area contributed by atoms with Crippen molar-refractivity contribution < 1.29 is 9.53 Å². The molecular formula is C25H17Cl2N5O2S. The molecule has 1 unspecified atom stereocenters. The first-order valence-corrected chi connectivity index (χ1v) is 12.6. The molecule has 2 aromatic heterocycles. The Bertz CT molecular complexity index is 1570. The molecule has 0 N–H and O–H groups in total. The zero-order chi connectivity index (χ0) is 23.9. The van der Waals surface area contributed by atoms with Gasteiger partial charge in [-0.1, -0.05) is 53.5 Å². The predicted molar refractivity (Wildman–Crippen MR) is 138 cm³/mol. The molecule has 5 aromatic rings. The van der Waals surface area contributed by atoms with Crippen LogP contribution in [0.4, 0.5) is 5.69 Å². The van der Waals surface area contributed by atoms with E-state index in [1.807, 2.05) is 54.6 Å². The van der Waals surface area contributed by atoms with Crippen molar-refractivity contribution in [2.24, 2.45) is 0 Å². The second-order valence-electron chi connectivity index (χ2n) is 8.02. The summed E-state index contributed by atoms with van der Waals surface area (Å²) in [4.78, 5) is 14.4. The van der Waals surface area contributed by atoms with Crippen LogP contribution in [0.5, 0.6) is 5.75 Å². The van der Waals surface area contributed by atoms with E-state index in [9.17, 15) is 4.79 Å². The summed E-state index contributed by atoms with van der Waals surface area (Å²) in [6.07, 6.45) is 0. The van der Waals surface area contributed by atoms with Crippen LogP contribution in [0.25, 0.3) is 16.6 Å². The molecule has 0 saturated carbocycles. The Morgan fingerprint density at radius 2 is 1.86 bits per heavy atom. The predicted octanol–water partition coefficient (Wildman–Crippen LogP) is 5.94. The van der Waals surface area contributed by atoms with Gasteiger partial charge in [0.2, 0.25) is 5.91 Å². The SMILES string of the molecule is O=C1CSC(c2ccc(OCc3cc4ccccc4n4nnnc34)cc2)N1c1cc(Cl)ccc1Cl. The highest BCUT2D eigenvalue weighted by molar-refractivity contribution is 8.00. The topological polar surface area (TPSA) is 72.6 Å². The molecule has 10 heteroatoms. The normalized spacial score (nSPS) is 15.9. The molecule has 1 saturated heterocycles. The van der Waals surface area contributed by atoms with Crippen molar-refractivity contribution in [2.75, 3.05) is 10.7 Å². The number of carbonyl (C=O) groups excluding carboxylic acids is 1. The summed E-state index contributed by atoms with van der Waals surface area (Å²) in [7, 11) is 0. The third kappa shape index (κ3) is 4.07. The fourth-order valence-electron chi connectivity index (χ4n) is 4.20. The summed E-state index contributed by atoms with van der Waals surface area (Å²) < 4.78 is 7.79. The first-order valence-electron chi connectivity index (χ1n) is 10.8. The highest BCUT2D eigenvalue weighted by Gasteiger charge is 2.35. The fraction of sp³-hybridized carbons (Fsp3) is 0.120. The Kier molecular flexibility index (Phi) is 5.72. The third-order valence-electron chi connectivity index (χ3n) is 5.85. The Morgan fingerprint density at radius 3 is 2.71 bits per heavy atom. The Labute approximate surface area is 214 Å². The minimum Gasteiger partial charge on any atom is -0.489 e. The smallest absolute Gasteiger partial charge is 0.238 e. The molecule has 174 valence electrons. The number of carbonyl (C=O) groups is 1. The maximum Gasteiger partial charge on any atom is 0.238 e. The number of fused-ring (bicyclic) bond motifs is 3. The summed E-state index contributed by atoms with van der Waals surface area (Å²) in [5, 5.41) is 14.0. The first-order chi connectivity index (χ1) is 17.1. The number of hydrogen-bond donors (Lipinski definition) is 0. The van der Waals surface area contributed by atoms with Crippen molar-refractivity contribution in [3.63, 3.8) is 0 Å². The molecule has 0 aliphatic carbocycles. The standard InChI is InChI=1S/C25H17Cl2N5O2S/c26-18-7-10-20(27)22(12-18)31-23(33)14-35-25(31)15-5-8-19(9-6-15)34-13-17-11-16-3-1-2-4-21(16)32-24(17)28-29-30-32/h1-12,25H,13-14H2. The number of nitrogens with zero attached hydrogens (tertiary/aromatic N) is 5. The van der Waals surface area contributed by atoms with Crippen LogP contribution in [0.15, 0.2) is 72.8 Å². The van der Waals surface area contributed by atoms with Crippen LogP contribution in [-0.2, 0) is 11.4 Å². The van der Waals surface area contributed by atoms with Crippen LogP contribution < -0.4 is 9.64 Å². The van der Waals surface area contributed by atoms with Crippen LogP contribution >= 0.6 is 35.0 Å². The largest absolute Gasteiger partial charge is 0.489 e. The Morgan fingerprint density at radius 1 is 1.03 bits per heavy atom. The zero-order valence-corrected chi connectivity index (χ0v) is 20.5. The van der Waals surface area contributed by atoms with E-state index in [1.54, 1.807) is 39.4 Å². The van der Waals surface area contributed by atoms with Gasteiger partial charge in [0.15, 0.2) is 5.65 Å². The van der Waals surface area contributed by atoms with Gasteiger partial charge in [-0.25, -0.2) is 0 Å². The second kappa shape index (κ2) is 9.03. The van der Waals surface area contributed by atoms with E-state index in [4.69, 9.17) is 27.9 Å². The Balaban J connectivity index is 1.24. The maximum atomic E-state index is 12.7. The van der Waals surface area contributed by atoms with Crippen molar-refractivity contribution in [3.8, 4) is 5.75 Å².